The lowest BCUT2D eigenvalue weighted by Crippen LogP contribution is -2.50. The molecule has 204 valence electrons. The summed E-state index contributed by atoms with van der Waals surface area (Å²) < 4.78 is 35.6. The number of imidazole rings is 1. The van der Waals surface area contributed by atoms with Gasteiger partial charge in [0.1, 0.15) is 11.6 Å². The lowest BCUT2D eigenvalue weighted by atomic mass is 10.1. The molecule has 0 unspecified atom stereocenters. The molecule has 1 aliphatic carbocycles. The number of sulfonamides is 1. The Hall–Kier alpha value is -3.49. The first kappa shape index (κ1) is 26.1. The van der Waals surface area contributed by atoms with Gasteiger partial charge in [-0.25, -0.2) is 22.7 Å². The average molecular weight is 547 g/mol. The normalized spacial score (nSPS) is 17.3. The highest BCUT2D eigenvalue weighted by Crippen LogP contribution is 2.35. The minimum absolute atomic E-state index is 0.00490. The second kappa shape index (κ2) is 10.3. The Bertz CT molecular complexity index is 1520. The first-order valence-corrected chi connectivity index (χ1v) is 14.1. The number of aryl methyl sites for hydroxylation is 1. The number of carbonyl (C=O) groups is 1. The molecule has 2 aliphatic rings. The van der Waals surface area contributed by atoms with E-state index >= 15 is 0 Å². The molecule has 3 aromatic rings. The van der Waals surface area contributed by atoms with Crippen molar-refractivity contribution in [3.63, 3.8) is 0 Å². The van der Waals surface area contributed by atoms with E-state index < -0.39 is 16.1 Å². The van der Waals surface area contributed by atoms with Gasteiger partial charge in [-0.1, -0.05) is 12.8 Å². The maximum atomic E-state index is 13.5. The number of amides is 1. The number of ether oxygens (including phenoxy) is 1. The number of piperazine rings is 1. The maximum absolute atomic E-state index is 13.5. The summed E-state index contributed by atoms with van der Waals surface area (Å²) in [5, 5.41) is 13.3. The monoisotopic (exact) mass is 546 g/mol. The first-order chi connectivity index (χ1) is 18.2. The summed E-state index contributed by atoms with van der Waals surface area (Å²) in [5.41, 5.74) is 0.930. The number of hydrogen-bond donors (Lipinski definition) is 2. The Labute approximate surface area is 219 Å². The van der Waals surface area contributed by atoms with Gasteiger partial charge in [-0.15, -0.1) is 5.10 Å². The third kappa shape index (κ3) is 4.63. The van der Waals surface area contributed by atoms with Crippen molar-refractivity contribution in [1.82, 2.24) is 28.8 Å². The van der Waals surface area contributed by atoms with Crippen LogP contribution in [0.15, 0.2) is 27.9 Å². The number of benzene rings is 1. The second-order valence-corrected chi connectivity index (χ2v) is 11.4. The molecular weight excluding hydrogens is 516 g/mol. The molecule has 14 heteroatoms. The Morgan fingerprint density at radius 2 is 1.89 bits per heavy atom. The molecule has 0 atom stereocenters. The van der Waals surface area contributed by atoms with Crippen LogP contribution in [0, 0.1) is 6.92 Å². The molecular formula is C24H30N6O7S. The van der Waals surface area contributed by atoms with Crippen LogP contribution in [0.25, 0.3) is 16.9 Å². The van der Waals surface area contributed by atoms with Gasteiger partial charge in [0.05, 0.1) is 22.8 Å². The highest BCUT2D eigenvalue weighted by atomic mass is 32.2. The standard InChI is InChI=1S/C24H30N6O7S/c1-3-36-19-9-8-17(38(34,35)29-12-10-28(11-13-29)24(32)37-33)14-18(19)21-26-23(31)20-15(2)25-22(30(20)27-21)16-6-4-5-7-16/h8-9,14,16,33H,3-7,10-13H2,1-2H3,(H,26,27,31). The molecule has 1 saturated heterocycles. The van der Waals surface area contributed by atoms with Gasteiger partial charge in [0.25, 0.3) is 5.56 Å². The predicted octanol–water partition coefficient (Wildman–Crippen LogP) is 2.37. The molecule has 5 rings (SSSR count). The molecule has 1 aliphatic heterocycles. The molecule has 1 amide bonds. The fraction of sp³-hybridized carbons (Fsp3) is 0.500. The van der Waals surface area contributed by atoms with E-state index in [9.17, 15) is 18.0 Å². The zero-order chi connectivity index (χ0) is 27.0. The maximum Gasteiger partial charge on any atom is 0.441 e. The average Bonchev–Trinajstić information content (AvgIpc) is 3.57. The van der Waals surface area contributed by atoms with Crippen LogP contribution < -0.4 is 10.3 Å². The summed E-state index contributed by atoms with van der Waals surface area (Å²) in [6, 6.07) is 4.43. The van der Waals surface area contributed by atoms with E-state index in [0.29, 0.717) is 29.1 Å². The van der Waals surface area contributed by atoms with Crippen LogP contribution in [0.3, 0.4) is 0 Å². The molecule has 0 spiro atoms. The Morgan fingerprint density at radius 3 is 2.55 bits per heavy atom. The SMILES string of the molecule is CCOc1ccc(S(=O)(=O)N2CCN(C(=O)OO)CC2)cc1-c1nn2c(C3CCCC3)nc(C)c2c(=O)[nH]1. The molecule has 0 radical (unpaired) electrons. The van der Waals surface area contributed by atoms with Crippen molar-refractivity contribution >= 4 is 21.6 Å². The van der Waals surface area contributed by atoms with Gasteiger partial charge in [-0.3, -0.25) is 9.68 Å². The van der Waals surface area contributed by atoms with Crippen molar-refractivity contribution in [1.29, 1.82) is 0 Å². The van der Waals surface area contributed by atoms with E-state index in [2.05, 4.69) is 14.9 Å². The highest BCUT2D eigenvalue weighted by molar-refractivity contribution is 7.89. The summed E-state index contributed by atoms with van der Waals surface area (Å²) in [5.74, 6) is 1.50. The molecule has 3 heterocycles. The number of H-pyrrole nitrogens is 1. The molecule has 1 aromatic carbocycles. The van der Waals surface area contributed by atoms with Gasteiger partial charge in [-0.2, -0.15) is 9.56 Å². The van der Waals surface area contributed by atoms with Gasteiger partial charge < -0.3 is 14.6 Å². The fourth-order valence-corrected chi connectivity index (χ4v) is 6.67. The van der Waals surface area contributed by atoms with Gasteiger partial charge in [-0.05, 0) is 44.9 Å². The number of carbonyl (C=O) groups excluding carboxylic acids is 1. The molecule has 0 bridgehead atoms. The molecule has 13 nitrogen and oxygen atoms in total. The molecule has 38 heavy (non-hydrogen) atoms. The van der Waals surface area contributed by atoms with Gasteiger partial charge in [0.2, 0.25) is 10.0 Å². The minimum atomic E-state index is -3.95. The number of rotatable bonds is 6. The van der Waals surface area contributed by atoms with Crippen LogP contribution >= 0.6 is 0 Å². The predicted molar refractivity (Wildman–Crippen MR) is 136 cm³/mol. The van der Waals surface area contributed by atoms with E-state index in [1.165, 1.54) is 21.3 Å². The van der Waals surface area contributed by atoms with Gasteiger partial charge in [0.15, 0.2) is 11.3 Å². The van der Waals surface area contributed by atoms with Crippen molar-refractivity contribution in [3.8, 4) is 17.1 Å². The number of hydrogen-bond acceptors (Lipinski definition) is 9. The van der Waals surface area contributed by atoms with Crippen molar-refractivity contribution < 1.29 is 28.1 Å². The minimum Gasteiger partial charge on any atom is -0.493 e. The third-order valence-electron chi connectivity index (χ3n) is 7.14. The van der Waals surface area contributed by atoms with Crippen molar-refractivity contribution in [2.45, 2.75) is 50.3 Å². The topological polar surface area (TPSA) is 159 Å². The largest absolute Gasteiger partial charge is 0.493 e. The number of aromatic amines is 1. The van der Waals surface area contributed by atoms with Crippen molar-refractivity contribution in [2.75, 3.05) is 32.8 Å². The number of nitrogens with one attached hydrogen (secondary N) is 1. The summed E-state index contributed by atoms with van der Waals surface area (Å²) in [6.07, 6.45) is 3.21. The van der Waals surface area contributed by atoms with Gasteiger partial charge >= 0.3 is 6.09 Å². The Balaban J connectivity index is 1.56. The smallest absolute Gasteiger partial charge is 0.441 e. The van der Waals surface area contributed by atoms with E-state index in [4.69, 9.17) is 15.1 Å². The van der Waals surface area contributed by atoms with Gasteiger partial charge in [0, 0.05) is 32.1 Å². The van der Waals surface area contributed by atoms with Crippen LogP contribution in [0.1, 0.15) is 50.0 Å². The number of aromatic nitrogens is 4. The summed E-state index contributed by atoms with van der Waals surface area (Å²) in [4.78, 5) is 37.1. The quantitative estimate of drug-likeness (QED) is 0.349. The number of fused-ring (bicyclic) bond motifs is 1. The van der Waals surface area contributed by atoms with Crippen molar-refractivity contribution in [2.24, 2.45) is 0 Å². The molecule has 2 N–H and O–H groups in total. The number of nitrogens with zero attached hydrogens (tertiary/aromatic N) is 5. The second-order valence-electron chi connectivity index (χ2n) is 9.44. The van der Waals surface area contributed by atoms with Crippen LogP contribution in [0.4, 0.5) is 4.79 Å². The summed E-state index contributed by atoms with van der Waals surface area (Å²) in [6.45, 7) is 4.10. The zero-order valence-corrected chi connectivity index (χ0v) is 22.0. The third-order valence-corrected chi connectivity index (χ3v) is 9.03. The van der Waals surface area contributed by atoms with Crippen LogP contribution in [-0.2, 0) is 14.9 Å². The van der Waals surface area contributed by atoms with E-state index in [0.717, 1.165) is 31.5 Å². The van der Waals surface area contributed by atoms with E-state index in [1.54, 1.807) is 17.5 Å². The Kier molecular flexibility index (Phi) is 7.11. The van der Waals surface area contributed by atoms with Crippen LogP contribution in [-0.4, -0.2) is 81.3 Å². The zero-order valence-electron chi connectivity index (χ0n) is 21.2. The highest BCUT2D eigenvalue weighted by Gasteiger charge is 2.32. The summed E-state index contributed by atoms with van der Waals surface area (Å²) in [7, 11) is -3.95. The lowest BCUT2D eigenvalue weighted by Gasteiger charge is -2.32. The fourth-order valence-electron chi connectivity index (χ4n) is 5.22. The lowest BCUT2D eigenvalue weighted by molar-refractivity contribution is -0.188. The molecule has 1 saturated carbocycles. The van der Waals surface area contributed by atoms with E-state index in [-0.39, 0.29) is 48.4 Å². The van der Waals surface area contributed by atoms with Crippen molar-refractivity contribution in [3.05, 3.63) is 40.1 Å². The molecule has 2 aromatic heterocycles. The first-order valence-electron chi connectivity index (χ1n) is 12.6. The van der Waals surface area contributed by atoms with Crippen LogP contribution in [0.2, 0.25) is 0 Å². The summed E-state index contributed by atoms with van der Waals surface area (Å²) >= 11 is 0. The molecule has 2 fully saturated rings. The Morgan fingerprint density at radius 1 is 1.18 bits per heavy atom. The van der Waals surface area contributed by atoms with Crippen LogP contribution in [0.5, 0.6) is 5.75 Å². The van der Waals surface area contributed by atoms with E-state index in [1.807, 2.05) is 6.92 Å².